The highest BCUT2D eigenvalue weighted by molar-refractivity contribution is 14.1. The summed E-state index contributed by atoms with van der Waals surface area (Å²) in [5.74, 6) is -43.2. The maximum Gasteiger partial charge on any atom is 0.460 e. The molecule has 0 spiro atoms. The Labute approximate surface area is 148 Å². The van der Waals surface area contributed by atoms with Gasteiger partial charge in [-0.3, -0.25) is 0 Å². The van der Waals surface area contributed by atoms with E-state index in [0.717, 1.165) is 22.6 Å². The smallest absolute Gasteiger partial charge is 0.207 e. The minimum Gasteiger partial charge on any atom is -0.207 e. The molecule has 16 heteroatoms. The lowest BCUT2D eigenvalue weighted by Crippen LogP contribution is -2.70. The van der Waals surface area contributed by atoms with Gasteiger partial charge in [-0.1, -0.05) is 22.6 Å². The van der Waals surface area contributed by atoms with E-state index in [1.165, 1.54) is 0 Å². The van der Waals surface area contributed by atoms with Crippen LogP contribution in [0.25, 0.3) is 0 Å². The van der Waals surface area contributed by atoms with Crippen LogP contribution in [0.2, 0.25) is 0 Å². The first-order chi connectivity index (χ1) is 11.0. The molecule has 158 valence electrons. The molecule has 0 amide bonds. The van der Waals surface area contributed by atoms with Crippen LogP contribution in [0.1, 0.15) is 12.8 Å². The van der Waals surface area contributed by atoms with Crippen molar-refractivity contribution in [1.82, 2.24) is 0 Å². The van der Waals surface area contributed by atoms with Gasteiger partial charge in [-0.2, -0.15) is 57.1 Å². The predicted octanol–water partition coefficient (Wildman–Crippen LogP) is 6.58. The van der Waals surface area contributed by atoms with Crippen LogP contribution in [0.5, 0.6) is 0 Å². The summed E-state index contributed by atoms with van der Waals surface area (Å²) in [6.45, 7) is 0. The van der Waals surface area contributed by atoms with Crippen molar-refractivity contribution in [2.45, 2.75) is 54.6 Å². The molecule has 0 N–H and O–H groups in total. The quantitative estimate of drug-likeness (QED) is 0.186. The van der Waals surface area contributed by atoms with Crippen LogP contribution in [0, 0.1) is 0 Å². The number of rotatable bonds is 8. The Morgan fingerprint density at radius 3 is 1.15 bits per heavy atom. The van der Waals surface area contributed by atoms with Gasteiger partial charge in [0.1, 0.15) is 0 Å². The van der Waals surface area contributed by atoms with Crippen molar-refractivity contribution in [1.29, 1.82) is 0 Å². The summed E-state index contributed by atoms with van der Waals surface area (Å²) < 4.78 is 190. The molecule has 0 rings (SSSR count). The van der Waals surface area contributed by atoms with E-state index in [4.69, 9.17) is 0 Å². The van der Waals surface area contributed by atoms with Crippen LogP contribution in [0.15, 0.2) is 0 Å². The molecule has 0 saturated heterocycles. The molecule has 26 heavy (non-hydrogen) atoms. The van der Waals surface area contributed by atoms with Crippen LogP contribution in [-0.2, 0) is 0 Å². The van der Waals surface area contributed by atoms with Crippen LogP contribution in [-0.4, -0.2) is 46.1 Å². The molecule has 0 radical (unpaired) electrons. The average molecular weight is 538 g/mol. The Kier molecular flexibility index (Phi) is 6.85. The lowest BCUT2D eigenvalue weighted by atomic mass is 9.91. The Bertz CT molecular complexity index is 491. The first-order valence-electron chi connectivity index (χ1n) is 5.91. The highest BCUT2D eigenvalue weighted by atomic mass is 127. The van der Waals surface area contributed by atoms with Gasteiger partial charge in [0.25, 0.3) is 5.92 Å². The maximum absolute atomic E-state index is 13.2. The maximum atomic E-state index is 13.2. The zero-order chi connectivity index (χ0) is 21.6. The molecule has 0 unspecified atom stereocenters. The van der Waals surface area contributed by atoms with Gasteiger partial charge >= 0.3 is 35.8 Å². The van der Waals surface area contributed by atoms with Crippen molar-refractivity contribution in [3.63, 3.8) is 0 Å². The molecule has 0 aliphatic rings. The third-order valence-electron chi connectivity index (χ3n) is 2.94. The zero-order valence-electron chi connectivity index (χ0n) is 11.7. The fourth-order valence-corrected chi connectivity index (χ4v) is 2.25. The molecule has 0 heterocycles. The van der Waals surface area contributed by atoms with Gasteiger partial charge in [-0.15, -0.1) is 0 Å². The Morgan fingerprint density at radius 1 is 0.500 bits per heavy atom. The second kappa shape index (κ2) is 6.93. The number of halogens is 16. The van der Waals surface area contributed by atoms with E-state index < -0.39 is 59.0 Å². The van der Waals surface area contributed by atoms with Gasteiger partial charge in [-0.25, -0.2) is 8.78 Å². The molecular weight excluding hydrogens is 532 g/mol. The van der Waals surface area contributed by atoms with Gasteiger partial charge in [0.05, 0.1) is 6.42 Å². The van der Waals surface area contributed by atoms with Crippen molar-refractivity contribution < 1.29 is 65.9 Å². The van der Waals surface area contributed by atoms with Gasteiger partial charge in [0.15, 0.2) is 0 Å². The Hall–Kier alpha value is -0.320. The van der Waals surface area contributed by atoms with Gasteiger partial charge < -0.3 is 0 Å². The fraction of sp³-hybridized carbons (Fsp3) is 1.00. The van der Waals surface area contributed by atoms with Crippen LogP contribution >= 0.6 is 22.6 Å². The van der Waals surface area contributed by atoms with Crippen LogP contribution in [0.4, 0.5) is 65.9 Å². The molecule has 0 nitrogen and oxygen atoms in total. The number of hydrogen-bond donors (Lipinski definition) is 0. The third-order valence-corrected chi connectivity index (χ3v) is 3.48. The van der Waals surface area contributed by atoms with Gasteiger partial charge in [0, 0.05) is 10.8 Å². The number of hydrogen-bond acceptors (Lipinski definition) is 0. The van der Waals surface area contributed by atoms with E-state index in [2.05, 4.69) is 0 Å². The highest BCUT2D eigenvalue weighted by Crippen LogP contribution is 2.61. The van der Waals surface area contributed by atoms with E-state index in [-0.39, 0.29) is 0 Å². The summed E-state index contributed by atoms with van der Waals surface area (Å²) in [6.07, 6.45) is -12.6. The number of alkyl halides is 16. The normalized spacial score (nSPS) is 16.2. The van der Waals surface area contributed by atoms with Crippen molar-refractivity contribution >= 4 is 22.6 Å². The SMILES string of the molecule is FC(F)(CCI)CC(F)(F)C(F)(F)C(F)(F)C(F)(F)C(F)(F)C(F)(F)F. The average Bonchev–Trinajstić information content (AvgIpc) is 2.34. The van der Waals surface area contributed by atoms with Crippen molar-refractivity contribution in [3.05, 3.63) is 0 Å². The monoisotopic (exact) mass is 538 g/mol. The summed E-state index contributed by atoms with van der Waals surface area (Å²) >= 11 is 1.13. The van der Waals surface area contributed by atoms with E-state index >= 15 is 0 Å². The molecule has 0 aromatic rings. The van der Waals surface area contributed by atoms with Crippen molar-refractivity contribution in [3.8, 4) is 0 Å². The summed E-state index contributed by atoms with van der Waals surface area (Å²) in [4.78, 5) is 0. The molecule has 0 bridgehead atoms. The van der Waals surface area contributed by atoms with Crippen molar-refractivity contribution in [2.75, 3.05) is 4.43 Å². The summed E-state index contributed by atoms with van der Waals surface area (Å²) in [5, 5.41) is 0. The standard InChI is InChI=1S/C10H6F15I/c11-4(12,1-2-26)3-5(13,14)6(15,16)7(17,18)8(19,20)9(21,22)10(23,24)25/h1-3H2. The van der Waals surface area contributed by atoms with Gasteiger partial charge in [-0.05, 0) is 0 Å². The molecule has 0 fully saturated rings. The first kappa shape index (κ1) is 25.7. The topological polar surface area (TPSA) is 0 Å². The summed E-state index contributed by atoms with van der Waals surface area (Å²) in [5.41, 5.74) is 0. The van der Waals surface area contributed by atoms with Crippen molar-refractivity contribution in [2.24, 2.45) is 0 Å². The Morgan fingerprint density at radius 2 is 0.846 bits per heavy atom. The minimum atomic E-state index is -8.08. The molecule has 0 aromatic carbocycles. The molecule has 0 aromatic heterocycles. The van der Waals surface area contributed by atoms with E-state index in [9.17, 15) is 65.9 Å². The second-order valence-corrected chi connectivity index (χ2v) is 6.05. The molecule has 0 atom stereocenters. The van der Waals surface area contributed by atoms with Gasteiger partial charge in [0.2, 0.25) is 0 Å². The largest absolute Gasteiger partial charge is 0.460 e. The second-order valence-electron chi connectivity index (χ2n) is 4.97. The minimum absolute atomic E-state index is 0.689. The Balaban J connectivity index is 6.16. The molecule has 0 saturated carbocycles. The van der Waals surface area contributed by atoms with E-state index in [0.29, 0.717) is 0 Å². The van der Waals surface area contributed by atoms with E-state index in [1.807, 2.05) is 0 Å². The predicted molar refractivity (Wildman–Crippen MR) is 63.9 cm³/mol. The van der Waals surface area contributed by atoms with E-state index in [1.54, 1.807) is 0 Å². The van der Waals surface area contributed by atoms with Crippen LogP contribution in [0.3, 0.4) is 0 Å². The highest BCUT2D eigenvalue weighted by Gasteiger charge is 2.90. The lowest BCUT2D eigenvalue weighted by Gasteiger charge is -2.40. The lowest BCUT2D eigenvalue weighted by molar-refractivity contribution is -0.441. The summed E-state index contributed by atoms with van der Waals surface area (Å²) in [6, 6.07) is 0. The fourth-order valence-electron chi connectivity index (χ4n) is 1.46. The third kappa shape index (κ3) is 4.07. The first-order valence-corrected chi connectivity index (χ1v) is 7.44. The zero-order valence-corrected chi connectivity index (χ0v) is 13.8. The molecule has 0 aliphatic carbocycles. The molecule has 0 aliphatic heterocycles. The molecular formula is C10H6F15I. The van der Waals surface area contributed by atoms with Crippen LogP contribution < -0.4 is 0 Å². The summed E-state index contributed by atoms with van der Waals surface area (Å²) in [7, 11) is 0.